The molecule has 20 heavy (non-hydrogen) atoms. The van der Waals surface area contributed by atoms with Crippen LogP contribution in [0.2, 0.25) is 5.02 Å². The van der Waals surface area contributed by atoms with Crippen LogP contribution in [0.4, 0.5) is 0 Å². The lowest BCUT2D eigenvalue weighted by Gasteiger charge is -2.09. The number of hydrogen-bond acceptors (Lipinski definition) is 2. The summed E-state index contributed by atoms with van der Waals surface area (Å²) in [6.45, 7) is 5.76. The maximum absolute atomic E-state index is 5.84. The van der Waals surface area contributed by atoms with Crippen LogP contribution in [0, 0.1) is 0 Å². The van der Waals surface area contributed by atoms with Crippen LogP contribution in [0.3, 0.4) is 0 Å². The highest BCUT2D eigenvalue weighted by Gasteiger charge is 1.98. The third-order valence-electron chi connectivity index (χ3n) is 2.96. The predicted molar refractivity (Wildman–Crippen MR) is 84.2 cm³/mol. The van der Waals surface area contributed by atoms with Crippen LogP contribution in [0.1, 0.15) is 25.0 Å². The van der Waals surface area contributed by atoms with Crippen LogP contribution in [-0.2, 0) is 13.2 Å². The van der Waals surface area contributed by atoms with E-state index in [2.05, 4.69) is 43.4 Å². The van der Waals surface area contributed by atoms with E-state index in [1.54, 1.807) is 0 Å². The smallest absolute Gasteiger partial charge is 0.119 e. The summed E-state index contributed by atoms with van der Waals surface area (Å²) in [5.41, 5.74) is 2.45. The summed E-state index contributed by atoms with van der Waals surface area (Å²) in [5.74, 6) is 0.833. The van der Waals surface area contributed by atoms with Crippen LogP contribution < -0.4 is 10.1 Å². The Balaban J connectivity index is 1.85. The average Bonchev–Trinajstić information content (AvgIpc) is 2.45. The predicted octanol–water partition coefficient (Wildman–Crippen LogP) is 4.42. The highest BCUT2D eigenvalue weighted by atomic mass is 35.5. The second-order valence-corrected chi connectivity index (χ2v) is 5.53. The van der Waals surface area contributed by atoms with Crippen LogP contribution in [-0.4, -0.2) is 6.04 Å². The molecular formula is C17H20ClNO. The highest BCUT2D eigenvalue weighted by molar-refractivity contribution is 6.30. The van der Waals surface area contributed by atoms with Crippen molar-refractivity contribution >= 4 is 11.6 Å². The second kappa shape index (κ2) is 7.32. The standard InChI is InChI=1S/C17H20ClNO/c1-13(2)19-11-14-3-5-15(6-4-14)12-20-17-9-7-16(18)8-10-17/h3-10,13,19H,11-12H2,1-2H3. The fourth-order valence-corrected chi connectivity index (χ4v) is 1.90. The molecule has 0 atom stereocenters. The largest absolute Gasteiger partial charge is 0.489 e. The molecule has 2 aromatic rings. The van der Waals surface area contributed by atoms with Gasteiger partial charge in [-0.15, -0.1) is 0 Å². The van der Waals surface area contributed by atoms with E-state index in [1.165, 1.54) is 5.56 Å². The van der Waals surface area contributed by atoms with Gasteiger partial charge in [0.05, 0.1) is 0 Å². The zero-order valence-corrected chi connectivity index (χ0v) is 12.7. The molecule has 3 heteroatoms. The first-order chi connectivity index (χ1) is 9.63. The fraction of sp³-hybridized carbons (Fsp3) is 0.294. The van der Waals surface area contributed by atoms with E-state index in [1.807, 2.05) is 24.3 Å². The molecule has 0 spiro atoms. The molecule has 106 valence electrons. The Labute approximate surface area is 125 Å². The van der Waals surface area contributed by atoms with E-state index in [-0.39, 0.29) is 0 Å². The van der Waals surface area contributed by atoms with Crippen LogP contribution in [0.25, 0.3) is 0 Å². The molecule has 0 aliphatic rings. The topological polar surface area (TPSA) is 21.3 Å². The van der Waals surface area contributed by atoms with Gasteiger partial charge in [0.25, 0.3) is 0 Å². The number of ether oxygens (including phenoxy) is 1. The summed E-state index contributed by atoms with van der Waals surface area (Å²) in [4.78, 5) is 0. The number of rotatable bonds is 6. The number of nitrogens with one attached hydrogen (secondary N) is 1. The molecule has 0 radical (unpaired) electrons. The minimum atomic E-state index is 0.503. The van der Waals surface area contributed by atoms with Gasteiger partial charge in [0.15, 0.2) is 0 Å². The first kappa shape index (κ1) is 14.9. The zero-order chi connectivity index (χ0) is 14.4. The molecule has 0 aromatic heterocycles. The zero-order valence-electron chi connectivity index (χ0n) is 11.9. The van der Waals surface area contributed by atoms with Gasteiger partial charge >= 0.3 is 0 Å². The minimum Gasteiger partial charge on any atom is -0.489 e. The average molecular weight is 290 g/mol. The molecule has 2 rings (SSSR count). The van der Waals surface area contributed by atoms with Gasteiger partial charge in [-0.3, -0.25) is 0 Å². The highest BCUT2D eigenvalue weighted by Crippen LogP contribution is 2.17. The first-order valence-electron chi connectivity index (χ1n) is 6.83. The van der Waals surface area contributed by atoms with Gasteiger partial charge in [-0.2, -0.15) is 0 Å². The van der Waals surface area contributed by atoms with Gasteiger partial charge in [-0.25, -0.2) is 0 Å². The quantitative estimate of drug-likeness (QED) is 0.850. The summed E-state index contributed by atoms with van der Waals surface area (Å²) in [6, 6.07) is 16.4. The van der Waals surface area contributed by atoms with Crippen molar-refractivity contribution in [3.63, 3.8) is 0 Å². The van der Waals surface area contributed by atoms with E-state index >= 15 is 0 Å². The van der Waals surface area contributed by atoms with E-state index in [9.17, 15) is 0 Å². The second-order valence-electron chi connectivity index (χ2n) is 5.09. The summed E-state index contributed by atoms with van der Waals surface area (Å²) >= 11 is 5.84. The third kappa shape index (κ3) is 4.87. The minimum absolute atomic E-state index is 0.503. The Morgan fingerprint density at radius 1 is 0.950 bits per heavy atom. The molecule has 0 saturated carbocycles. The lowest BCUT2D eigenvalue weighted by Crippen LogP contribution is -2.21. The van der Waals surface area contributed by atoms with E-state index in [4.69, 9.17) is 16.3 Å². The number of halogens is 1. The van der Waals surface area contributed by atoms with Gasteiger partial charge in [0, 0.05) is 17.6 Å². The SMILES string of the molecule is CC(C)NCc1ccc(COc2ccc(Cl)cc2)cc1. The molecular weight excluding hydrogens is 270 g/mol. The Kier molecular flexibility index (Phi) is 5.45. The van der Waals surface area contributed by atoms with Gasteiger partial charge in [0.1, 0.15) is 12.4 Å². The molecule has 0 bridgehead atoms. The molecule has 0 amide bonds. The summed E-state index contributed by atoms with van der Waals surface area (Å²) in [5, 5.41) is 4.12. The van der Waals surface area contributed by atoms with Crippen molar-refractivity contribution in [1.82, 2.24) is 5.32 Å². The maximum Gasteiger partial charge on any atom is 0.119 e. The van der Waals surface area contributed by atoms with E-state index in [0.717, 1.165) is 22.9 Å². The monoisotopic (exact) mass is 289 g/mol. The fourth-order valence-electron chi connectivity index (χ4n) is 1.77. The molecule has 0 fully saturated rings. The van der Waals surface area contributed by atoms with Crippen molar-refractivity contribution in [3.8, 4) is 5.75 Å². The van der Waals surface area contributed by atoms with Gasteiger partial charge in [-0.05, 0) is 35.4 Å². The molecule has 0 heterocycles. The van der Waals surface area contributed by atoms with Gasteiger partial charge in [0.2, 0.25) is 0 Å². The van der Waals surface area contributed by atoms with Crippen LogP contribution in [0.15, 0.2) is 48.5 Å². The molecule has 2 aromatic carbocycles. The lowest BCUT2D eigenvalue weighted by molar-refractivity contribution is 0.306. The summed E-state index contributed by atoms with van der Waals surface area (Å²) in [6.07, 6.45) is 0. The number of benzene rings is 2. The Morgan fingerprint density at radius 2 is 1.55 bits per heavy atom. The Hall–Kier alpha value is -1.51. The summed E-state index contributed by atoms with van der Waals surface area (Å²) < 4.78 is 5.71. The molecule has 0 aliphatic heterocycles. The first-order valence-corrected chi connectivity index (χ1v) is 7.21. The van der Waals surface area contributed by atoms with Gasteiger partial charge < -0.3 is 10.1 Å². The summed E-state index contributed by atoms with van der Waals surface area (Å²) in [7, 11) is 0. The van der Waals surface area contributed by atoms with Crippen molar-refractivity contribution in [2.75, 3.05) is 0 Å². The van der Waals surface area contributed by atoms with E-state index in [0.29, 0.717) is 12.6 Å². The normalized spacial score (nSPS) is 10.8. The molecule has 0 saturated heterocycles. The van der Waals surface area contributed by atoms with Crippen molar-refractivity contribution in [2.24, 2.45) is 0 Å². The van der Waals surface area contributed by atoms with Crippen molar-refractivity contribution in [1.29, 1.82) is 0 Å². The lowest BCUT2D eigenvalue weighted by atomic mass is 10.1. The van der Waals surface area contributed by atoms with E-state index < -0.39 is 0 Å². The Bertz CT molecular complexity index is 520. The van der Waals surface area contributed by atoms with Crippen LogP contribution >= 0.6 is 11.6 Å². The molecule has 0 unspecified atom stereocenters. The van der Waals surface area contributed by atoms with Crippen molar-refractivity contribution in [3.05, 3.63) is 64.7 Å². The molecule has 1 N–H and O–H groups in total. The molecule has 0 aliphatic carbocycles. The van der Waals surface area contributed by atoms with Gasteiger partial charge in [-0.1, -0.05) is 49.7 Å². The van der Waals surface area contributed by atoms with Crippen LogP contribution in [0.5, 0.6) is 5.75 Å². The molecule has 2 nitrogen and oxygen atoms in total. The third-order valence-corrected chi connectivity index (χ3v) is 3.21. The Morgan fingerprint density at radius 3 is 2.15 bits per heavy atom. The van der Waals surface area contributed by atoms with Crippen molar-refractivity contribution in [2.45, 2.75) is 33.0 Å². The number of hydrogen-bond donors (Lipinski definition) is 1. The maximum atomic E-state index is 5.84. The van der Waals surface area contributed by atoms with Crippen molar-refractivity contribution < 1.29 is 4.74 Å².